The van der Waals surface area contributed by atoms with Crippen molar-refractivity contribution >= 4 is 46.2 Å². The van der Waals surface area contributed by atoms with Gasteiger partial charge >= 0.3 is 12.1 Å². The van der Waals surface area contributed by atoms with Gasteiger partial charge in [-0.3, -0.25) is 14.5 Å². The third kappa shape index (κ3) is 6.10. The Morgan fingerprint density at radius 1 is 1.13 bits per heavy atom. The maximum absolute atomic E-state index is 13.4. The maximum Gasteiger partial charge on any atom is 0.415 e. The van der Waals surface area contributed by atoms with E-state index in [9.17, 15) is 14.4 Å². The van der Waals surface area contributed by atoms with Gasteiger partial charge in [-0.25, -0.2) is 14.5 Å². The molecule has 1 aromatic carbocycles. The predicted octanol–water partition coefficient (Wildman–Crippen LogP) is 3.69. The van der Waals surface area contributed by atoms with Crippen molar-refractivity contribution in [3.8, 4) is 17.2 Å². The molecule has 3 aromatic rings. The van der Waals surface area contributed by atoms with Crippen LogP contribution in [0.15, 0.2) is 24.4 Å². The fourth-order valence-corrected chi connectivity index (χ4v) is 6.35. The van der Waals surface area contributed by atoms with Crippen molar-refractivity contribution in [2.24, 2.45) is 17.8 Å². The Balaban J connectivity index is 1.21. The molecule has 3 aliphatic rings. The molecule has 2 aromatic heterocycles. The zero-order valence-corrected chi connectivity index (χ0v) is 26.7. The van der Waals surface area contributed by atoms with Crippen molar-refractivity contribution in [2.75, 3.05) is 57.9 Å². The summed E-state index contributed by atoms with van der Waals surface area (Å²) >= 11 is 6.28. The van der Waals surface area contributed by atoms with E-state index in [2.05, 4.69) is 20.3 Å². The van der Waals surface area contributed by atoms with Crippen LogP contribution in [0, 0.1) is 17.8 Å². The number of ether oxygens (including phenoxy) is 4. The molecule has 2 aliphatic heterocycles. The Hall–Kier alpha value is -4.10. The zero-order chi connectivity index (χ0) is 32.0. The molecule has 2 amide bonds. The van der Waals surface area contributed by atoms with Crippen LogP contribution in [0.3, 0.4) is 0 Å². The van der Waals surface area contributed by atoms with E-state index < -0.39 is 11.7 Å². The molecule has 0 radical (unpaired) electrons. The van der Waals surface area contributed by atoms with Gasteiger partial charge < -0.3 is 29.2 Å². The number of nitrogens with one attached hydrogen (secondary N) is 1. The fraction of sp³-hybridized carbons (Fsp3) is 0.516. The van der Waals surface area contributed by atoms with Crippen LogP contribution in [0.5, 0.6) is 11.5 Å². The first kappa shape index (κ1) is 30.9. The second kappa shape index (κ2) is 12.0. The summed E-state index contributed by atoms with van der Waals surface area (Å²) < 4.78 is 24.0. The van der Waals surface area contributed by atoms with E-state index >= 15 is 0 Å². The van der Waals surface area contributed by atoms with E-state index in [0.29, 0.717) is 71.9 Å². The first-order chi connectivity index (χ1) is 21.5. The molecular weight excluding hydrogens is 604 g/mol. The molecule has 6 rings (SSSR count). The average Bonchev–Trinajstić information content (AvgIpc) is 3.29. The van der Waals surface area contributed by atoms with Gasteiger partial charge in [0.05, 0.1) is 42.8 Å². The molecule has 14 heteroatoms. The van der Waals surface area contributed by atoms with Crippen LogP contribution in [0.25, 0.3) is 16.6 Å². The van der Waals surface area contributed by atoms with Gasteiger partial charge in [-0.1, -0.05) is 11.6 Å². The van der Waals surface area contributed by atoms with Gasteiger partial charge in [-0.15, -0.1) is 0 Å². The molecule has 1 saturated carbocycles. The number of carbonyl (C=O) groups is 3. The summed E-state index contributed by atoms with van der Waals surface area (Å²) in [4.78, 5) is 46.4. The van der Waals surface area contributed by atoms with Crippen LogP contribution in [-0.4, -0.2) is 96.3 Å². The van der Waals surface area contributed by atoms with Crippen LogP contribution < -0.4 is 19.7 Å². The number of carbonyl (C=O) groups excluding carboxylic acids is 3. The molecule has 2 fully saturated rings. The lowest BCUT2D eigenvalue weighted by Gasteiger charge is -2.32. The number of esters is 1. The smallest absolute Gasteiger partial charge is 0.415 e. The number of nitrogens with zero attached hydrogens (tertiary/aromatic N) is 5. The van der Waals surface area contributed by atoms with Gasteiger partial charge in [-0.05, 0) is 39.5 Å². The van der Waals surface area contributed by atoms with Gasteiger partial charge in [0.15, 0.2) is 5.69 Å². The molecule has 0 bridgehead atoms. The van der Waals surface area contributed by atoms with Gasteiger partial charge in [0.1, 0.15) is 34.5 Å². The van der Waals surface area contributed by atoms with Crippen LogP contribution in [0.4, 0.5) is 10.5 Å². The Bertz CT molecular complexity index is 1640. The van der Waals surface area contributed by atoms with E-state index in [1.807, 2.05) is 27.7 Å². The predicted molar refractivity (Wildman–Crippen MR) is 165 cm³/mol. The molecule has 3 atom stereocenters. The van der Waals surface area contributed by atoms with Crippen molar-refractivity contribution in [1.29, 1.82) is 0 Å². The number of likely N-dealkylation sites (tertiary alicyclic amines) is 1. The third-order valence-corrected chi connectivity index (χ3v) is 8.46. The number of anilines is 1. The van der Waals surface area contributed by atoms with E-state index in [1.165, 1.54) is 18.2 Å². The Morgan fingerprint density at radius 3 is 2.58 bits per heavy atom. The fourth-order valence-electron chi connectivity index (χ4n) is 6.20. The second-order valence-electron chi connectivity index (χ2n) is 12.4. The third-order valence-electron chi connectivity index (χ3n) is 8.25. The summed E-state index contributed by atoms with van der Waals surface area (Å²) in [5, 5.41) is 8.39. The number of methoxy groups -OCH3 is 1. The highest BCUT2D eigenvalue weighted by molar-refractivity contribution is 6.30. The SMILES string of the molecule is CCOC(=O)C1[C@H]2CN(CCNC(=O)c3nn(-c4cc5c(cc4OC)N(C(=O)OC(C)(C)C)CCO5)c4cc(Cl)ncc34)C[C@@H]12. The molecule has 1 unspecified atom stereocenters. The Kier molecular flexibility index (Phi) is 8.25. The second-order valence-corrected chi connectivity index (χ2v) is 12.8. The summed E-state index contributed by atoms with van der Waals surface area (Å²) in [5.74, 6) is 1.05. The number of benzene rings is 1. The lowest BCUT2D eigenvalue weighted by molar-refractivity contribution is -0.145. The molecule has 1 aliphatic carbocycles. The monoisotopic (exact) mass is 640 g/mol. The summed E-state index contributed by atoms with van der Waals surface area (Å²) in [6.07, 6.45) is 1.03. The number of fused-ring (bicyclic) bond motifs is 3. The average molecular weight is 641 g/mol. The first-order valence-corrected chi connectivity index (χ1v) is 15.4. The molecule has 1 N–H and O–H groups in total. The Labute approximate surface area is 265 Å². The van der Waals surface area contributed by atoms with Gasteiger partial charge in [0, 0.05) is 50.6 Å². The van der Waals surface area contributed by atoms with Crippen molar-refractivity contribution in [1.82, 2.24) is 25.0 Å². The molecule has 240 valence electrons. The molecule has 4 heterocycles. The Morgan fingerprint density at radius 2 is 1.89 bits per heavy atom. The highest BCUT2D eigenvalue weighted by Crippen LogP contribution is 2.52. The summed E-state index contributed by atoms with van der Waals surface area (Å²) in [6, 6.07) is 5.04. The first-order valence-electron chi connectivity index (χ1n) is 15.1. The quantitative estimate of drug-likeness (QED) is 0.287. The normalized spacial score (nSPS) is 20.7. The number of piperidine rings is 1. The van der Waals surface area contributed by atoms with E-state index in [4.69, 9.17) is 30.5 Å². The van der Waals surface area contributed by atoms with Crippen LogP contribution in [0.1, 0.15) is 38.2 Å². The number of hydrogen-bond acceptors (Lipinski definition) is 10. The summed E-state index contributed by atoms with van der Waals surface area (Å²) in [6.45, 7) is 10.9. The number of halogens is 1. The van der Waals surface area contributed by atoms with Crippen LogP contribution in [0.2, 0.25) is 5.15 Å². The van der Waals surface area contributed by atoms with E-state index in [0.717, 1.165) is 13.1 Å². The lowest BCUT2D eigenvalue weighted by atomic mass is 10.2. The minimum Gasteiger partial charge on any atom is -0.494 e. The van der Waals surface area contributed by atoms with Crippen LogP contribution in [-0.2, 0) is 14.3 Å². The maximum atomic E-state index is 13.4. The molecule has 0 spiro atoms. The standard InChI is InChI=1S/C31H37ClN6O7/c1-6-43-29(40)26-18-15-36(16-19(18)26)8-7-33-28(39)27-17-14-34-25(32)13-20(17)38(35-27)22-12-24-21(11-23(22)42-5)37(9-10-44-24)30(41)45-31(2,3)4/h11-14,18-19,26H,6-10,15-16H2,1-5H3,(H,33,39)/t18-,19+,26?. The lowest BCUT2D eigenvalue weighted by Crippen LogP contribution is -2.41. The van der Waals surface area contributed by atoms with Crippen LogP contribution >= 0.6 is 11.6 Å². The zero-order valence-electron chi connectivity index (χ0n) is 26.0. The van der Waals surface area contributed by atoms with Gasteiger partial charge in [-0.2, -0.15) is 5.10 Å². The number of pyridine rings is 1. The molecule has 45 heavy (non-hydrogen) atoms. The van der Waals surface area contributed by atoms with Crippen molar-refractivity contribution in [3.63, 3.8) is 0 Å². The van der Waals surface area contributed by atoms with E-state index in [1.54, 1.807) is 22.9 Å². The highest BCUT2D eigenvalue weighted by atomic mass is 35.5. The topological polar surface area (TPSA) is 137 Å². The van der Waals surface area contributed by atoms with Gasteiger partial charge in [0.25, 0.3) is 5.91 Å². The van der Waals surface area contributed by atoms with Crippen molar-refractivity contribution < 1.29 is 33.3 Å². The largest absolute Gasteiger partial charge is 0.494 e. The number of rotatable bonds is 8. The molecule has 1 saturated heterocycles. The van der Waals surface area contributed by atoms with Gasteiger partial charge in [0.2, 0.25) is 0 Å². The number of hydrogen-bond donors (Lipinski definition) is 1. The summed E-state index contributed by atoms with van der Waals surface area (Å²) in [5.41, 5.74) is 1.04. The summed E-state index contributed by atoms with van der Waals surface area (Å²) in [7, 11) is 1.51. The minimum absolute atomic E-state index is 0.0109. The molecule has 13 nitrogen and oxygen atoms in total. The van der Waals surface area contributed by atoms with Crippen molar-refractivity contribution in [3.05, 3.63) is 35.2 Å². The number of aromatic nitrogens is 3. The van der Waals surface area contributed by atoms with E-state index in [-0.39, 0.29) is 35.2 Å². The minimum atomic E-state index is -0.667. The van der Waals surface area contributed by atoms with Crippen molar-refractivity contribution in [2.45, 2.75) is 33.3 Å². The molecular formula is C31H37ClN6O7. The highest BCUT2D eigenvalue weighted by Gasteiger charge is 2.60. The number of amides is 2.